The normalized spacial score (nSPS) is 20.9. The monoisotopic (exact) mass is 273 g/mol. The number of carbonyl (C=O) groups is 1. The molecule has 0 N–H and O–H groups in total. The van der Waals surface area contributed by atoms with Gasteiger partial charge in [0.2, 0.25) is 5.91 Å². The lowest BCUT2D eigenvalue weighted by molar-refractivity contribution is -0.116. The predicted molar refractivity (Wildman–Crippen MR) is 58.8 cm³/mol. The van der Waals surface area contributed by atoms with Gasteiger partial charge in [0.1, 0.15) is 5.75 Å². The highest BCUT2D eigenvalue weighted by atomic mass is 79.9. The minimum absolute atomic E-state index is 0.0833. The first-order valence-electron chi connectivity index (χ1n) is 4.04. The predicted octanol–water partition coefficient (Wildman–Crippen LogP) is 1.53. The van der Waals surface area contributed by atoms with Crippen LogP contribution in [-0.2, 0) is 15.6 Å². The second-order valence-corrected chi connectivity index (χ2v) is 5.39. The summed E-state index contributed by atoms with van der Waals surface area (Å²) >= 11 is 3.32. The quantitative estimate of drug-likeness (QED) is 0.719. The summed E-state index contributed by atoms with van der Waals surface area (Å²) in [5.74, 6) is -0.0156. The molecule has 14 heavy (non-hydrogen) atoms. The van der Waals surface area contributed by atoms with E-state index in [0.717, 1.165) is 15.1 Å². The number of fused-ring (bicyclic) bond motifs is 1. The van der Waals surface area contributed by atoms with Crippen LogP contribution in [0, 0.1) is 0 Å². The van der Waals surface area contributed by atoms with Gasteiger partial charge in [-0.2, -0.15) is 0 Å². The molecule has 1 aliphatic heterocycles. The third-order valence-corrected chi connectivity index (χ3v) is 3.98. The zero-order valence-corrected chi connectivity index (χ0v) is 9.89. The summed E-state index contributed by atoms with van der Waals surface area (Å²) in [6.45, 7) is 0. The van der Waals surface area contributed by atoms with Crippen LogP contribution in [0.15, 0.2) is 27.6 Å². The molecule has 74 valence electrons. The lowest BCUT2D eigenvalue weighted by Crippen LogP contribution is -2.35. The Morgan fingerprint density at radius 1 is 1.50 bits per heavy atom. The number of hydrogen-bond donors (Lipinski definition) is 0. The summed E-state index contributed by atoms with van der Waals surface area (Å²) in [5, 5.41) is 0. The molecular weight excluding hydrogens is 266 g/mol. The number of amides is 1. The number of nitrogens with zero attached hydrogens (tertiary/aromatic N) is 1. The molecule has 1 unspecified atom stereocenters. The van der Waals surface area contributed by atoms with Crippen LogP contribution < -0.4 is 4.90 Å². The van der Waals surface area contributed by atoms with Crippen LogP contribution in [0.5, 0.6) is 0 Å². The topological polar surface area (TPSA) is 37.4 Å². The number of halogens is 1. The molecule has 1 amide bonds. The van der Waals surface area contributed by atoms with Gasteiger partial charge in [-0.25, -0.2) is 0 Å². The van der Waals surface area contributed by atoms with E-state index in [-0.39, 0.29) is 11.7 Å². The fraction of sp³-hybridized carbons (Fsp3) is 0.222. The third kappa shape index (κ3) is 1.50. The van der Waals surface area contributed by atoms with E-state index < -0.39 is 10.8 Å². The van der Waals surface area contributed by atoms with E-state index in [2.05, 4.69) is 15.9 Å². The first-order valence-corrected chi connectivity index (χ1v) is 6.15. The highest BCUT2D eigenvalue weighted by Gasteiger charge is 2.26. The van der Waals surface area contributed by atoms with Gasteiger partial charge in [-0.1, -0.05) is 15.9 Å². The summed E-state index contributed by atoms with van der Waals surface area (Å²) in [6.07, 6.45) is 0. The first kappa shape index (κ1) is 9.86. The molecule has 0 saturated heterocycles. The van der Waals surface area contributed by atoms with Gasteiger partial charge >= 0.3 is 0 Å². The SMILES string of the molecule is CN1C(=O)CS(=O)c2cc(Br)ccc21. The van der Waals surface area contributed by atoms with Crippen molar-refractivity contribution in [2.24, 2.45) is 0 Å². The Balaban J connectivity index is 2.61. The minimum atomic E-state index is -1.20. The number of anilines is 1. The Morgan fingerprint density at radius 2 is 2.21 bits per heavy atom. The summed E-state index contributed by atoms with van der Waals surface area (Å²) < 4.78 is 12.5. The summed E-state index contributed by atoms with van der Waals surface area (Å²) in [7, 11) is 0.502. The van der Waals surface area contributed by atoms with E-state index >= 15 is 0 Å². The first-order chi connectivity index (χ1) is 6.59. The average Bonchev–Trinajstić information content (AvgIpc) is 2.14. The second kappa shape index (κ2) is 3.47. The maximum atomic E-state index is 11.6. The molecule has 0 fully saturated rings. The standard InChI is InChI=1S/C9H8BrNO2S/c1-11-7-3-2-6(10)4-8(7)14(13)5-9(11)12/h2-4H,5H2,1H3. The van der Waals surface area contributed by atoms with Gasteiger partial charge < -0.3 is 4.90 Å². The van der Waals surface area contributed by atoms with Gasteiger partial charge in [0.15, 0.2) is 0 Å². The molecule has 0 spiro atoms. The highest BCUT2D eigenvalue weighted by Crippen LogP contribution is 2.30. The van der Waals surface area contributed by atoms with Crippen LogP contribution in [0.25, 0.3) is 0 Å². The lowest BCUT2D eigenvalue weighted by atomic mass is 10.3. The van der Waals surface area contributed by atoms with Gasteiger partial charge in [0.25, 0.3) is 0 Å². The van der Waals surface area contributed by atoms with Crippen molar-refractivity contribution >= 4 is 38.3 Å². The van der Waals surface area contributed by atoms with E-state index in [4.69, 9.17) is 0 Å². The molecule has 0 radical (unpaired) electrons. The zero-order valence-electron chi connectivity index (χ0n) is 7.49. The molecule has 1 heterocycles. The van der Waals surface area contributed by atoms with Crippen LogP contribution >= 0.6 is 15.9 Å². The average molecular weight is 274 g/mol. The van der Waals surface area contributed by atoms with Crippen molar-refractivity contribution < 1.29 is 9.00 Å². The maximum absolute atomic E-state index is 11.6. The van der Waals surface area contributed by atoms with E-state index in [1.807, 2.05) is 6.07 Å². The summed E-state index contributed by atoms with van der Waals surface area (Å²) in [4.78, 5) is 13.6. The van der Waals surface area contributed by atoms with Crippen molar-refractivity contribution in [2.45, 2.75) is 4.90 Å². The molecule has 1 atom stereocenters. The van der Waals surface area contributed by atoms with Gasteiger partial charge in [-0.05, 0) is 18.2 Å². The van der Waals surface area contributed by atoms with Crippen LogP contribution in [0.2, 0.25) is 0 Å². The number of hydrogen-bond acceptors (Lipinski definition) is 2. The molecule has 5 heteroatoms. The second-order valence-electron chi connectivity index (χ2n) is 3.05. The van der Waals surface area contributed by atoms with Crippen molar-refractivity contribution in [2.75, 3.05) is 17.7 Å². The van der Waals surface area contributed by atoms with Gasteiger partial charge in [-0.15, -0.1) is 0 Å². The molecule has 1 aliphatic rings. The number of carbonyl (C=O) groups excluding carboxylic acids is 1. The Morgan fingerprint density at radius 3 is 2.93 bits per heavy atom. The van der Waals surface area contributed by atoms with E-state index in [9.17, 15) is 9.00 Å². The third-order valence-electron chi connectivity index (χ3n) is 2.16. The van der Waals surface area contributed by atoms with E-state index in [0.29, 0.717) is 0 Å². The van der Waals surface area contributed by atoms with Crippen molar-refractivity contribution in [1.82, 2.24) is 0 Å². The fourth-order valence-corrected chi connectivity index (χ4v) is 3.15. The molecule has 1 aromatic rings. The Kier molecular flexibility index (Phi) is 2.45. The van der Waals surface area contributed by atoms with Crippen LogP contribution in [0.1, 0.15) is 0 Å². The van der Waals surface area contributed by atoms with Crippen LogP contribution in [0.3, 0.4) is 0 Å². The molecule has 1 aromatic carbocycles. The maximum Gasteiger partial charge on any atom is 0.239 e. The van der Waals surface area contributed by atoms with E-state index in [1.54, 1.807) is 24.1 Å². The lowest BCUT2D eigenvalue weighted by Gasteiger charge is -2.24. The van der Waals surface area contributed by atoms with Crippen molar-refractivity contribution in [3.05, 3.63) is 22.7 Å². The van der Waals surface area contributed by atoms with Crippen molar-refractivity contribution in [1.29, 1.82) is 0 Å². The number of benzene rings is 1. The molecule has 0 bridgehead atoms. The highest BCUT2D eigenvalue weighted by molar-refractivity contribution is 9.10. The Bertz CT molecular complexity index is 433. The molecule has 2 rings (SSSR count). The van der Waals surface area contributed by atoms with Gasteiger partial charge in [0.05, 0.1) is 21.4 Å². The summed E-state index contributed by atoms with van der Waals surface area (Å²) in [5.41, 5.74) is 0.739. The summed E-state index contributed by atoms with van der Waals surface area (Å²) in [6, 6.07) is 5.44. The van der Waals surface area contributed by atoms with Crippen LogP contribution in [0.4, 0.5) is 5.69 Å². The largest absolute Gasteiger partial charge is 0.313 e. The van der Waals surface area contributed by atoms with E-state index in [1.165, 1.54) is 0 Å². The zero-order chi connectivity index (χ0) is 10.3. The molecule has 0 aliphatic carbocycles. The van der Waals surface area contributed by atoms with Crippen molar-refractivity contribution in [3.63, 3.8) is 0 Å². The van der Waals surface area contributed by atoms with Crippen LogP contribution in [-0.4, -0.2) is 22.9 Å². The fourth-order valence-electron chi connectivity index (χ4n) is 1.37. The number of rotatable bonds is 0. The van der Waals surface area contributed by atoms with Gasteiger partial charge in [0, 0.05) is 11.5 Å². The molecule has 3 nitrogen and oxygen atoms in total. The van der Waals surface area contributed by atoms with Crippen molar-refractivity contribution in [3.8, 4) is 0 Å². The molecule has 0 aromatic heterocycles. The molecule has 0 saturated carbocycles. The Hall–Kier alpha value is -0.680. The molecular formula is C9H8BrNO2S. The van der Waals surface area contributed by atoms with Gasteiger partial charge in [-0.3, -0.25) is 9.00 Å². The minimum Gasteiger partial charge on any atom is -0.313 e. The smallest absolute Gasteiger partial charge is 0.239 e. The Labute approximate surface area is 92.7 Å².